The van der Waals surface area contributed by atoms with E-state index in [2.05, 4.69) is 0 Å². The number of phenols is 1. The van der Waals surface area contributed by atoms with Crippen LogP contribution in [0.2, 0.25) is 0 Å². The molecule has 0 spiro atoms. The monoisotopic (exact) mass is 424 g/mol. The lowest BCUT2D eigenvalue weighted by atomic mass is 10.1. The van der Waals surface area contributed by atoms with Gasteiger partial charge < -0.3 is 19.0 Å². The molecular formula is C27H20O5. The third-order valence-corrected chi connectivity index (χ3v) is 5.23. The van der Waals surface area contributed by atoms with Gasteiger partial charge in [0.2, 0.25) is 11.2 Å². The highest BCUT2D eigenvalue weighted by Gasteiger charge is 2.19. The van der Waals surface area contributed by atoms with E-state index in [4.69, 9.17) is 13.9 Å². The summed E-state index contributed by atoms with van der Waals surface area (Å²) in [5, 5.41) is 10.6. The van der Waals surface area contributed by atoms with Gasteiger partial charge in [-0.25, -0.2) is 0 Å². The molecule has 5 rings (SSSR count). The lowest BCUT2D eigenvalue weighted by Crippen LogP contribution is -2.06. The molecule has 1 heterocycles. The second-order valence-corrected chi connectivity index (χ2v) is 7.40. The Morgan fingerprint density at radius 3 is 2.06 bits per heavy atom. The molecule has 0 amide bonds. The number of hydrogen-bond donors (Lipinski definition) is 1. The number of ether oxygens (including phenoxy) is 2. The topological polar surface area (TPSA) is 68.9 Å². The van der Waals surface area contributed by atoms with E-state index in [1.807, 2.05) is 60.7 Å². The van der Waals surface area contributed by atoms with Crippen molar-refractivity contribution in [2.45, 2.75) is 13.2 Å². The van der Waals surface area contributed by atoms with Gasteiger partial charge in [-0.1, -0.05) is 66.7 Å². The van der Waals surface area contributed by atoms with Crippen molar-refractivity contribution in [3.05, 3.63) is 112 Å². The second-order valence-electron chi connectivity index (χ2n) is 7.40. The first kappa shape index (κ1) is 19.7. The highest BCUT2D eigenvalue weighted by molar-refractivity contribution is 5.96. The Hall–Kier alpha value is -4.25. The number of aromatic hydroxyl groups is 1. The van der Waals surface area contributed by atoms with E-state index >= 15 is 0 Å². The summed E-state index contributed by atoms with van der Waals surface area (Å²) < 4.78 is 18.3. The van der Waals surface area contributed by atoms with Gasteiger partial charge in [0, 0.05) is 0 Å². The minimum Gasteiger partial charge on any atom is -0.507 e. The van der Waals surface area contributed by atoms with Crippen LogP contribution in [0.15, 0.2) is 100 Å². The first-order valence-corrected chi connectivity index (χ1v) is 10.3. The molecule has 5 heteroatoms. The molecule has 1 N–H and O–H groups in total. The molecule has 1 aromatic heterocycles. The van der Waals surface area contributed by atoms with E-state index < -0.39 is 0 Å². The highest BCUT2D eigenvalue weighted by atomic mass is 16.5. The van der Waals surface area contributed by atoms with Gasteiger partial charge in [0.05, 0.1) is 5.39 Å². The summed E-state index contributed by atoms with van der Waals surface area (Å²) in [7, 11) is 0. The van der Waals surface area contributed by atoms with Gasteiger partial charge >= 0.3 is 0 Å². The molecule has 0 aliphatic carbocycles. The summed E-state index contributed by atoms with van der Waals surface area (Å²) in [4.78, 5) is 13.1. The van der Waals surface area contributed by atoms with Crippen LogP contribution < -0.4 is 14.9 Å². The predicted octanol–water partition coefficient (Wildman–Crippen LogP) is 5.81. The van der Waals surface area contributed by atoms with Crippen LogP contribution in [0.1, 0.15) is 11.1 Å². The van der Waals surface area contributed by atoms with Crippen molar-refractivity contribution >= 4 is 21.9 Å². The molecule has 0 atom stereocenters. The quantitative estimate of drug-likeness (QED) is 0.348. The third kappa shape index (κ3) is 3.76. The normalized spacial score (nSPS) is 11.0. The Bertz CT molecular complexity index is 1440. The Kier molecular flexibility index (Phi) is 5.22. The fourth-order valence-electron chi connectivity index (χ4n) is 3.62. The van der Waals surface area contributed by atoms with E-state index in [0.29, 0.717) is 23.5 Å². The second kappa shape index (κ2) is 8.47. The van der Waals surface area contributed by atoms with Crippen LogP contribution >= 0.6 is 0 Å². The minimum atomic E-state index is -0.321. The standard InChI is InChI=1S/C27H20O5/c28-21-12-7-13-22-24(21)25(29)20-14-15-23(30-16-18-8-3-1-4-9-18)27(26(20)32-22)31-17-19-10-5-2-6-11-19/h1-15,28H,16-17H2. The number of benzene rings is 4. The van der Waals surface area contributed by atoms with Gasteiger partial charge in [0.25, 0.3) is 0 Å². The molecule has 158 valence electrons. The van der Waals surface area contributed by atoms with Gasteiger partial charge in [-0.15, -0.1) is 0 Å². The van der Waals surface area contributed by atoms with Crippen molar-refractivity contribution in [3.8, 4) is 17.2 Å². The van der Waals surface area contributed by atoms with Crippen molar-refractivity contribution in [2.24, 2.45) is 0 Å². The number of rotatable bonds is 6. The molecule has 5 nitrogen and oxygen atoms in total. The van der Waals surface area contributed by atoms with Crippen molar-refractivity contribution in [2.75, 3.05) is 0 Å². The Morgan fingerprint density at radius 2 is 1.38 bits per heavy atom. The maximum absolute atomic E-state index is 13.1. The Labute approximate surface area is 184 Å². The lowest BCUT2D eigenvalue weighted by Gasteiger charge is -2.15. The fourth-order valence-corrected chi connectivity index (χ4v) is 3.62. The van der Waals surface area contributed by atoms with Crippen LogP contribution in [-0.4, -0.2) is 5.11 Å². The molecule has 0 saturated carbocycles. The van der Waals surface area contributed by atoms with Crippen LogP contribution in [0.25, 0.3) is 21.9 Å². The van der Waals surface area contributed by atoms with Crippen molar-refractivity contribution in [1.82, 2.24) is 0 Å². The maximum Gasteiger partial charge on any atom is 0.205 e. The summed E-state index contributed by atoms with van der Waals surface area (Å²) in [5.74, 6) is 0.707. The zero-order valence-electron chi connectivity index (χ0n) is 17.2. The van der Waals surface area contributed by atoms with Crippen LogP contribution in [-0.2, 0) is 13.2 Å². The summed E-state index contributed by atoms with van der Waals surface area (Å²) in [6.45, 7) is 0.621. The van der Waals surface area contributed by atoms with Gasteiger partial charge in [-0.2, -0.15) is 0 Å². The van der Waals surface area contributed by atoms with Crippen LogP contribution in [0.5, 0.6) is 17.2 Å². The van der Waals surface area contributed by atoms with Gasteiger partial charge in [-0.05, 0) is 35.4 Å². The number of hydrogen-bond acceptors (Lipinski definition) is 5. The average molecular weight is 424 g/mol. The van der Waals surface area contributed by atoms with Crippen LogP contribution in [0, 0.1) is 0 Å². The Morgan fingerprint density at radius 1 is 0.719 bits per heavy atom. The molecule has 0 bridgehead atoms. The van der Waals surface area contributed by atoms with E-state index in [1.165, 1.54) is 6.07 Å². The smallest absolute Gasteiger partial charge is 0.205 e. The minimum absolute atomic E-state index is 0.116. The van der Waals surface area contributed by atoms with Crippen molar-refractivity contribution in [3.63, 3.8) is 0 Å². The largest absolute Gasteiger partial charge is 0.507 e. The molecular weight excluding hydrogens is 404 g/mol. The molecule has 0 radical (unpaired) electrons. The third-order valence-electron chi connectivity index (χ3n) is 5.23. The molecule has 32 heavy (non-hydrogen) atoms. The van der Waals surface area contributed by atoms with Crippen LogP contribution in [0.4, 0.5) is 0 Å². The molecule has 0 aliphatic rings. The molecule has 0 aliphatic heterocycles. The first-order chi connectivity index (χ1) is 15.7. The number of fused-ring (bicyclic) bond motifs is 2. The fraction of sp³-hybridized carbons (Fsp3) is 0.0741. The summed E-state index contributed by atoms with van der Waals surface area (Å²) in [6.07, 6.45) is 0. The van der Waals surface area contributed by atoms with Crippen LogP contribution in [0.3, 0.4) is 0 Å². The molecule has 0 unspecified atom stereocenters. The van der Waals surface area contributed by atoms with Crippen molar-refractivity contribution < 1.29 is 19.0 Å². The van der Waals surface area contributed by atoms with Crippen molar-refractivity contribution in [1.29, 1.82) is 0 Å². The summed E-state index contributed by atoms with van der Waals surface area (Å²) in [6, 6.07) is 27.6. The summed E-state index contributed by atoms with van der Waals surface area (Å²) in [5.41, 5.74) is 2.23. The summed E-state index contributed by atoms with van der Waals surface area (Å²) >= 11 is 0. The zero-order valence-corrected chi connectivity index (χ0v) is 17.2. The molecule has 0 fully saturated rings. The van der Waals surface area contributed by atoms with Gasteiger partial charge in [0.15, 0.2) is 11.3 Å². The van der Waals surface area contributed by atoms with E-state index in [9.17, 15) is 9.90 Å². The molecule has 0 saturated heterocycles. The molecule has 4 aromatic carbocycles. The van der Waals surface area contributed by atoms with E-state index in [0.717, 1.165) is 11.1 Å². The highest BCUT2D eigenvalue weighted by Crippen LogP contribution is 2.38. The lowest BCUT2D eigenvalue weighted by molar-refractivity contribution is 0.256. The van der Waals surface area contributed by atoms with E-state index in [1.54, 1.807) is 24.3 Å². The zero-order chi connectivity index (χ0) is 21.9. The SMILES string of the molecule is O=c1c2ccc(OCc3ccccc3)c(OCc3ccccc3)c2oc2cccc(O)c12. The maximum atomic E-state index is 13.1. The average Bonchev–Trinajstić information content (AvgIpc) is 2.83. The Balaban J connectivity index is 1.62. The first-order valence-electron chi connectivity index (χ1n) is 10.3. The van der Waals surface area contributed by atoms with Gasteiger partial charge in [-0.3, -0.25) is 4.79 Å². The van der Waals surface area contributed by atoms with Gasteiger partial charge in [0.1, 0.15) is 29.9 Å². The number of phenolic OH excluding ortho intramolecular Hbond substituents is 1. The molecule has 5 aromatic rings. The predicted molar refractivity (Wildman–Crippen MR) is 123 cm³/mol. The van der Waals surface area contributed by atoms with E-state index in [-0.39, 0.29) is 34.3 Å².